The third-order valence-corrected chi connectivity index (χ3v) is 3.16. The number of benzene rings is 1. The van der Waals surface area contributed by atoms with Gasteiger partial charge in [0.2, 0.25) is 5.91 Å². The molecular formula is C12H15Cl2FN2O2. The number of carbonyl (C=O) groups is 1. The fraction of sp³-hybridized carbons (Fsp3) is 0.417. The van der Waals surface area contributed by atoms with E-state index in [0.29, 0.717) is 5.56 Å². The van der Waals surface area contributed by atoms with Crippen molar-refractivity contribution in [3.63, 3.8) is 0 Å². The average molecular weight is 309 g/mol. The van der Waals surface area contributed by atoms with Crippen molar-refractivity contribution in [3.8, 4) is 0 Å². The lowest BCUT2D eigenvalue weighted by Crippen LogP contribution is -2.44. The minimum Gasteiger partial charge on any atom is -0.383 e. The van der Waals surface area contributed by atoms with Crippen molar-refractivity contribution in [3.05, 3.63) is 33.6 Å². The van der Waals surface area contributed by atoms with Gasteiger partial charge < -0.3 is 15.8 Å². The monoisotopic (exact) mass is 308 g/mol. The third-order valence-electron chi connectivity index (χ3n) is 2.55. The number of methoxy groups -OCH3 is 1. The fourth-order valence-electron chi connectivity index (χ4n) is 1.52. The molecule has 1 amide bonds. The van der Waals surface area contributed by atoms with Crippen LogP contribution in [0.3, 0.4) is 0 Å². The first-order valence-corrected chi connectivity index (χ1v) is 6.31. The van der Waals surface area contributed by atoms with Gasteiger partial charge in [0.05, 0.1) is 17.7 Å². The molecule has 0 saturated heterocycles. The molecule has 4 nitrogen and oxygen atoms in total. The van der Waals surface area contributed by atoms with Crippen LogP contribution in [0.25, 0.3) is 0 Å². The minimum absolute atomic E-state index is 0.0663. The van der Waals surface area contributed by atoms with Gasteiger partial charge in [-0.2, -0.15) is 0 Å². The van der Waals surface area contributed by atoms with Crippen LogP contribution in [-0.4, -0.2) is 25.7 Å². The van der Waals surface area contributed by atoms with Gasteiger partial charge in [0.25, 0.3) is 0 Å². The number of nitrogens with two attached hydrogens (primary N) is 1. The van der Waals surface area contributed by atoms with Crippen molar-refractivity contribution in [1.29, 1.82) is 0 Å². The number of hydrogen-bond acceptors (Lipinski definition) is 3. The fourth-order valence-corrected chi connectivity index (χ4v) is 2.07. The Kier molecular flexibility index (Phi) is 6.00. The van der Waals surface area contributed by atoms with E-state index in [9.17, 15) is 9.18 Å². The van der Waals surface area contributed by atoms with Crippen LogP contribution in [0.5, 0.6) is 0 Å². The van der Waals surface area contributed by atoms with Gasteiger partial charge in [0.15, 0.2) is 0 Å². The van der Waals surface area contributed by atoms with E-state index in [1.54, 1.807) is 6.92 Å². The molecule has 7 heteroatoms. The standard InChI is InChI=1S/C12H15Cl2FN2O2/c1-6(17-12(18)11(16)5-19-2)7-3-10(15)9(14)4-8(7)13/h3-4,6,11H,5,16H2,1-2H3,(H,17,18). The van der Waals surface area contributed by atoms with Gasteiger partial charge >= 0.3 is 0 Å². The van der Waals surface area contributed by atoms with Crippen LogP contribution in [0.15, 0.2) is 12.1 Å². The molecule has 0 spiro atoms. The Labute approximate surface area is 121 Å². The van der Waals surface area contributed by atoms with Gasteiger partial charge in [0, 0.05) is 12.1 Å². The number of nitrogens with one attached hydrogen (secondary N) is 1. The number of halogens is 3. The summed E-state index contributed by atoms with van der Waals surface area (Å²) >= 11 is 11.6. The number of ether oxygens (including phenoxy) is 1. The molecule has 1 aromatic carbocycles. The van der Waals surface area contributed by atoms with Gasteiger partial charge in [-0.15, -0.1) is 0 Å². The second-order valence-corrected chi connectivity index (χ2v) is 4.89. The quantitative estimate of drug-likeness (QED) is 0.820. The molecule has 1 aromatic rings. The molecule has 19 heavy (non-hydrogen) atoms. The van der Waals surface area contributed by atoms with E-state index in [0.717, 1.165) is 0 Å². The summed E-state index contributed by atoms with van der Waals surface area (Å²) in [7, 11) is 1.45. The number of amides is 1. The van der Waals surface area contributed by atoms with Crippen LogP contribution in [0, 0.1) is 5.82 Å². The molecule has 0 fully saturated rings. The molecule has 0 saturated carbocycles. The molecule has 1 rings (SSSR count). The van der Waals surface area contributed by atoms with Crippen LogP contribution in [-0.2, 0) is 9.53 Å². The predicted molar refractivity (Wildman–Crippen MR) is 72.8 cm³/mol. The summed E-state index contributed by atoms with van der Waals surface area (Å²) in [6.45, 7) is 1.77. The van der Waals surface area contributed by atoms with Crippen LogP contribution in [0.4, 0.5) is 4.39 Å². The highest BCUT2D eigenvalue weighted by molar-refractivity contribution is 6.35. The zero-order valence-electron chi connectivity index (χ0n) is 10.5. The summed E-state index contributed by atoms with van der Waals surface area (Å²) in [5.74, 6) is -0.996. The van der Waals surface area contributed by atoms with Gasteiger partial charge in [-0.05, 0) is 24.6 Å². The topological polar surface area (TPSA) is 64.3 Å². The summed E-state index contributed by atoms with van der Waals surface area (Å²) in [5, 5.41) is 2.84. The largest absolute Gasteiger partial charge is 0.383 e. The lowest BCUT2D eigenvalue weighted by Gasteiger charge is -2.18. The Morgan fingerprint density at radius 2 is 2.11 bits per heavy atom. The molecule has 3 N–H and O–H groups in total. The van der Waals surface area contributed by atoms with Crippen molar-refractivity contribution in [2.75, 3.05) is 13.7 Å². The minimum atomic E-state index is -0.789. The van der Waals surface area contributed by atoms with Crippen molar-refractivity contribution in [1.82, 2.24) is 5.32 Å². The summed E-state index contributed by atoms with van der Waals surface area (Å²) in [6, 6.07) is 1.21. The SMILES string of the molecule is COCC(N)C(=O)NC(C)c1cc(F)c(Cl)cc1Cl. The third kappa shape index (κ3) is 4.31. The zero-order valence-corrected chi connectivity index (χ0v) is 12.1. The Balaban J connectivity index is 2.81. The number of rotatable bonds is 5. The molecule has 2 atom stereocenters. The first-order valence-electron chi connectivity index (χ1n) is 5.56. The molecule has 0 aromatic heterocycles. The molecule has 2 unspecified atom stereocenters. The van der Waals surface area contributed by atoms with Gasteiger partial charge in [-0.3, -0.25) is 4.79 Å². The van der Waals surface area contributed by atoms with E-state index in [4.69, 9.17) is 33.7 Å². The van der Waals surface area contributed by atoms with Crippen LogP contribution in [0.2, 0.25) is 10.0 Å². The highest BCUT2D eigenvalue weighted by Gasteiger charge is 2.19. The maximum absolute atomic E-state index is 13.4. The van der Waals surface area contributed by atoms with E-state index in [2.05, 4.69) is 5.32 Å². The zero-order chi connectivity index (χ0) is 14.6. The lowest BCUT2D eigenvalue weighted by atomic mass is 10.1. The van der Waals surface area contributed by atoms with Gasteiger partial charge in [-0.1, -0.05) is 23.2 Å². The van der Waals surface area contributed by atoms with E-state index >= 15 is 0 Å². The normalized spacial score (nSPS) is 14.0. The highest BCUT2D eigenvalue weighted by atomic mass is 35.5. The Hall–Kier alpha value is -0.880. The lowest BCUT2D eigenvalue weighted by molar-refractivity contribution is -0.124. The average Bonchev–Trinajstić information content (AvgIpc) is 2.33. The molecule has 106 valence electrons. The van der Waals surface area contributed by atoms with Crippen molar-refractivity contribution < 1.29 is 13.9 Å². The first kappa shape index (κ1) is 16.2. The Bertz CT molecular complexity index is 471. The molecule has 0 aliphatic carbocycles. The highest BCUT2D eigenvalue weighted by Crippen LogP contribution is 2.28. The van der Waals surface area contributed by atoms with Crippen LogP contribution in [0.1, 0.15) is 18.5 Å². The van der Waals surface area contributed by atoms with Crippen molar-refractivity contribution >= 4 is 29.1 Å². The van der Waals surface area contributed by atoms with Gasteiger partial charge in [-0.25, -0.2) is 4.39 Å². The van der Waals surface area contributed by atoms with E-state index in [-0.39, 0.29) is 16.7 Å². The van der Waals surface area contributed by atoms with E-state index in [1.165, 1.54) is 19.2 Å². The Morgan fingerprint density at radius 1 is 1.47 bits per heavy atom. The molecule has 0 heterocycles. The predicted octanol–water partition coefficient (Wildman–Crippen LogP) is 2.28. The second kappa shape index (κ2) is 7.05. The Morgan fingerprint density at radius 3 is 2.68 bits per heavy atom. The van der Waals surface area contributed by atoms with Crippen molar-refractivity contribution in [2.24, 2.45) is 5.73 Å². The van der Waals surface area contributed by atoms with Crippen molar-refractivity contribution in [2.45, 2.75) is 19.0 Å². The summed E-state index contributed by atoms with van der Waals surface area (Å²) in [5.41, 5.74) is 6.01. The maximum atomic E-state index is 13.4. The molecule has 0 radical (unpaired) electrons. The molecule has 0 aliphatic rings. The van der Waals surface area contributed by atoms with E-state index < -0.39 is 23.8 Å². The second-order valence-electron chi connectivity index (χ2n) is 4.08. The first-order chi connectivity index (χ1) is 8.86. The smallest absolute Gasteiger partial charge is 0.239 e. The maximum Gasteiger partial charge on any atom is 0.239 e. The summed E-state index contributed by atoms with van der Waals surface area (Å²) in [6.07, 6.45) is 0. The molecule has 0 bridgehead atoms. The molecule has 0 aliphatic heterocycles. The van der Waals surface area contributed by atoms with Gasteiger partial charge in [0.1, 0.15) is 11.9 Å². The van der Waals surface area contributed by atoms with Crippen LogP contribution < -0.4 is 11.1 Å². The number of carbonyl (C=O) groups excluding carboxylic acids is 1. The van der Waals surface area contributed by atoms with Crippen LogP contribution >= 0.6 is 23.2 Å². The van der Waals surface area contributed by atoms with E-state index in [1.807, 2.05) is 0 Å². The number of hydrogen-bond donors (Lipinski definition) is 2. The summed E-state index contributed by atoms with van der Waals surface area (Å²) in [4.78, 5) is 11.7. The molecular weight excluding hydrogens is 294 g/mol. The summed E-state index contributed by atoms with van der Waals surface area (Å²) < 4.78 is 18.2.